The minimum atomic E-state index is 0.0428. The number of aromatic nitrogens is 2. The molecule has 0 fully saturated rings. The zero-order chi connectivity index (χ0) is 14.2. The van der Waals surface area contributed by atoms with E-state index in [0.29, 0.717) is 26.8 Å². The molecule has 0 aliphatic rings. The lowest BCUT2D eigenvalue weighted by Gasteiger charge is -2.10. The average Bonchev–Trinajstić information content (AvgIpc) is 2.38. The molecule has 1 heterocycles. The fourth-order valence-electron chi connectivity index (χ4n) is 1.58. The zero-order valence-corrected chi connectivity index (χ0v) is 13.0. The van der Waals surface area contributed by atoms with Gasteiger partial charge in [-0.05, 0) is 41.9 Å². The minimum absolute atomic E-state index is 0.0428. The second kappa shape index (κ2) is 5.35. The van der Waals surface area contributed by atoms with Gasteiger partial charge in [-0.3, -0.25) is 0 Å². The number of aromatic hydroxyl groups is 1. The largest absolute Gasteiger partial charge is 0.503 e. The van der Waals surface area contributed by atoms with Crippen LogP contribution in [0.15, 0.2) is 16.6 Å². The van der Waals surface area contributed by atoms with Gasteiger partial charge in [-0.25, -0.2) is 9.97 Å². The number of nitrogens with zero attached hydrogens (tertiary/aromatic N) is 2. The molecule has 1 aromatic carbocycles. The summed E-state index contributed by atoms with van der Waals surface area (Å²) in [6.07, 6.45) is 0. The Kier molecular flexibility index (Phi) is 3.96. The molecule has 0 radical (unpaired) electrons. The second-order valence-corrected chi connectivity index (χ2v) is 5.27. The number of ether oxygens (including phenoxy) is 1. The lowest BCUT2D eigenvalue weighted by Crippen LogP contribution is -1.97. The van der Waals surface area contributed by atoms with Crippen LogP contribution in [0.2, 0.25) is 5.15 Å². The van der Waals surface area contributed by atoms with Gasteiger partial charge in [0.1, 0.15) is 5.15 Å². The monoisotopic (exact) mass is 342 g/mol. The van der Waals surface area contributed by atoms with E-state index in [1.54, 1.807) is 12.1 Å². The first kappa shape index (κ1) is 14.1. The topological polar surface area (TPSA) is 55.2 Å². The van der Waals surface area contributed by atoms with Crippen molar-refractivity contribution in [1.82, 2.24) is 9.97 Å². The highest BCUT2D eigenvalue weighted by Gasteiger charge is 2.13. The van der Waals surface area contributed by atoms with Crippen molar-refractivity contribution in [2.75, 3.05) is 7.11 Å². The Hall–Kier alpha value is -1.33. The van der Waals surface area contributed by atoms with Crippen LogP contribution in [-0.2, 0) is 0 Å². The van der Waals surface area contributed by atoms with Crippen LogP contribution in [-0.4, -0.2) is 22.2 Å². The van der Waals surface area contributed by atoms with Crippen LogP contribution in [0.1, 0.15) is 11.3 Å². The zero-order valence-electron chi connectivity index (χ0n) is 10.7. The number of hydrogen-bond acceptors (Lipinski definition) is 4. The summed E-state index contributed by atoms with van der Waals surface area (Å²) in [7, 11) is 1.49. The lowest BCUT2D eigenvalue weighted by molar-refractivity contribution is 0.372. The van der Waals surface area contributed by atoms with Crippen molar-refractivity contribution in [2.45, 2.75) is 13.8 Å². The van der Waals surface area contributed by atoms with Gasteiger partial charge in [-0.2, -0.15) is 0 Å². The highest BCUT2D eigenvalue weighted by molar-refractivity contribution is 9.10. The van der Waals surface area contributed by atoms with Crippen molar-refractivity contribution in [3.05, 3.63) is 33.0 Å². The van der Waals surface area contributed by atoms with Crippen LogP contribution in [0.3, 0.4) is 0 Å². The third-order valence-electron chi connectivity index (χ3n) is 2.84. The van der Waals surface area contributed by atoms with Gasteiger partial charge in [0.25, 0.3) is 0 Å². The van der Waals surface area contributed by atoms with Crippen molar-refractivity contribution in [1.29, 1.82) is 0 Å². The summed E-state index contributed by atoms with van der Waals surface area (Å²) < 4.78 is 5.62. The quantitative estimate of drug-likeness (QED) is 0.841. The molecule has 0 aliphatic carbocycles. The van der Waals surface area contributed by atoms with Crippen LogP contribution in [0.25, 0.3) is 11.4 Å². The molecular formula is C13H12BrClN2O2. The highest BCUT2D eigenvalue weighted by Crippen LogP contribution is 2.38. The summed E-state index contributed by atoms with van der Waals surface area (Å²) in [6.45, 7) is 3.74. The van der Waals surface area contributed by atoms with Crippen molar-refractivity contribution in [3.8, 4) is 22.9 Å². The number of rotatable bonds is 2. The standard InChI is InChI=1S/C13H12BrClN2O2/c1-6-7(2)16-13(17-12(6)15)8-4-9(14)11(18)10(5-8)19-3/h4-5,18H,1-3H3. The Bertz CT molecular complexity index is 624. The SMILES string of the molecule is COc1cc(-c2nc(C)c(C)c(Cl)n2)cc(Br)c1O. The van der Waals surface area contributed by atoms with E-state index in [1.165, 1.54) is 7.11 Å². The summed E-state index contributed by atoms with van der Waals surface area (Å²) in [4.78, 5) is 8.64. The smallest absolute Gasteiger partial charge is 0.172 e. The third kappa shape index (κ3) is 2.67. The van der Waals surface area contributed by atoms with Crippen LogP contribution in [0.4, 0.5) is 0 Å². The van der Waals surface area contributed by atoms with Crippen molar-refractivity contribution >= 4 is 27.5 Å². The van der Waals surface area contributed by atoms with Crippen molar-refractivity contribution < 1.29 is 9.84 Å². The molecule has 1 N–H and O–H groups in total. The van der Waals surface area contributed by atoms with Crippen molar-refractivity contribution in [2.24, 2.45) is 0 Å². The number of halogens is 2. The molecule has 100 valence electrons. The molecule has 6 heteroatoms. The average molecular weight is 344 g/mol. The van der Waals surface area contributed by atoms with Crippen LogP contribution < -0.4 is 4.74 Å². The molecule has 0 bridgehead atoms. The number of phenols is 1. The molecular weight excluding hydrogens is 332 g/mol. The van der Waals surface area contributed by atoms with Gasteiger partial charge in [0.15, 0.2) is 17.3 Å². The number of benzene rings is 1. The van der Waals surface area contributed by atoms with E-state index in [9.17, 15) is 5.11 Å². The van der Waals surface area contributed by atoms with Gasteiger partial charge >= 0.3 is 0 Å². The normalized spacial score (nSPS) is 10.6. The molecule has 0 atom stereocenters. The van der Waals surface area contributed by atoms with Crippen LogP contribution in [0.5, 0.6) is 11.5 Å². The maximum atomic E-state index is 9.78. The lowest BCUT2D eigenvalue weighted by atomic mass is 10.1. The molecule has 2 rings (SSSR count). The summed E-state index contributed by atoms with van der Waals surface area (Å²) in [6, 6.07) is 3.39. The Balaban J connectivity index is 2.62. The Labute approximate surface area is 124 Å². The number of methoxy groups -OCH3 is 1. The fraction of sp³-hybridized carbons (Fsp3) is 0.231. The fourth-order valence-corrected chi connectivity index (χ4v) is 2.24. The molecule has 0 unspecified atom stereocenters. The van der Waals surface area contributed by atoms with E-state index in [0.717, 1.165) is 11.3 Å². The Morgan fingerprint density at radius 2 is 1.95 bits per heavy atom. The maximum Gasteiger partial charge on any atom is 0.172 e. The first-order valence-electron chi connectivity index (χ1n) is 5.51. The van der Waals surface area contributed by atoms with E-state index in [2.05, 4.69) is 25.9 Å². The van der Waals surface area contributed by atoms with Gasteiger partial charge < -0.3 is 9.84 Å². The Morgan fingerprint density at radius 1 is 1.26 bits per heavy atom. The first-order valence-corrected chi connectivity index (χ1v) is 6.68. The molecule has 0 spiro atoms. The predicted octanol–water partition coefficient (Wildman–Crippen LogP) is 3.89. The van der Waals surface area contributed by atoms with E-state index in [4.69, 9.17) is 16.3 Å². The number of phenolic OH excluding ortho intramolecular Hbond substituents is 1. The van der Waals surface area contributed by atoms with Gasteiger partial charge in [-0.15, -0.1) is 0 Å². The van der Waals surface area contributed by atoms with E-state index in [-0.39, 0.29) is 5.75 Å². The summed E-state index contributed by atoms with van der Waals surface area (Å²) >= 11 is 9.34. The van der Waals surface area contributed by atoms with Gasteiger partial charge in [0.05, 0.1) is 11.6 Å². The number of hydrogen-bond donors (Lipinski definition) is 1. The van der Waals surface area contributed by atoms with Gasteiger partial charge in [0.2, 0.25) is 0 Å². The van der Waals surface area contributed by atoms with E-state index < -0.39 is 0 Å². The molecule has 19 heavy (non-hydrogen) atoms. The van der Waals surface area contributed by atoms with Crippen molar-refractivity contribution in [3.63, 3.8) is 0 Å². The predicted molar refractivity (Wildman–Crippen MR) is 77.9 cm³/mol. The van der Waals surface area contributed by atoms with E-state index >= 15 is 0 Å². The molecule has 0 saturated heterocycles. The molecule has 0 amide bonds. The molecule has 2 aromatic rings. The van der Waals surface area contributed by atoms with Gasteiger partial charge in [0, 0.05) is 16.8 Å². The summed E-state index contributed by atoms with van der Waals surface area (Å²) in [5, 5.41) is 10.2. The Morgan fingerprint density at radius 3 is 2.53 bits per heavy atom. The van der Waals surface area contributed by atoms with E-state index in [1.807, 2.05) is 13.8 Å². The van der Waals surface area contributed by atoms with Gasteiger partial charge in [-0.1, -0.05) is 11.6 Å². The number of aryl methyl sites for hydroxylation is 1. The molecule has 1 aromatic heterocycles. The molecule has 0 aliphatic heterocycles. The minimum Gasteiger partial charge on any atom is -0.503 e. The van der Waals surface area contributed by atoms with Crippen LogP contribution in [0, 0.1) is 13.8 Å². The first-order chi connectivity index (χ1) is 8.93. The van der Waals surface area contributed by atoms with Crippen LogP contribution >= 0.6 is 27.5 Å². The maximum absolute atomic E-state index is 9.78. The molecule has 4 nitrogen and oxygen atoms in total. The summed E-state index contributed by atoms with van der Waals surface area (Å²) in [5.41, 5.74) is 2.39. The third-order valence-corrected chi connectivity index (χ3v) is 3.81. The highest BCUT2D eigenvalue weighted by atomic mass is 79.9. The molecule has 0 saturated carbocycles. The summed E-state index contributed by atoms with van der Waals surface area (Å²) in [5.74, 6) is 0.885. The second-order valence-electron chi connectivity index (χ2n) is 4.06.